The molecule has 0 bridgehead atoms. The van der Waals surface area contributed by atoms with Crippen molar-refractivity contribution in [3.63, 3.8) is 0 Å². The first-order valence-electron chi connectivity index (χ1n) is 7.45. The van der Waals surface area contributed by atoms with Crippen LogP contribution < -0.4 is 16.1 Å². The second-order valence-corrected chi connectivity index (χ2v) is 6.45. The predicted octanol–water partition coefficient (Wildman–Crippen LogP) is 1.19. The quantitative estimate of drug-likeness (QED) is 0.851. The van der Waals surface area contributed by atoms with E-state index in [2.05, 4.69) is 15.4 Å². The molecule has 7 nitrogen and oxygen atoms in total. The van der Waals surface area contributed by atoms with E-state index in [0.717, 1.165) is 16.4 Å². The molecule has 0 saturated carbocycles. The Balaban J connectivity index is 1.72. The molecule has 1 aromatic carbocycles. The Labute approximate surface area is 143 Å². The molecule has 8 heteroatoms. The summed E-state index contributed by atoms with van der Waals surface area (Å²) >= 11 is 1.53. The molecular weight excluding hydrogens is 326 g/mol. The third-order valence-electron chi connectivity index (χ3n) is 3.62. The molecule has 0 saturated heterocycles. The molecule has 1 aliphatic rings. The summed E-state index contributed by atoms with van der Waals surface area (Å²) in [5.41, 5.74) is 7.27. The molecule has 0 radical (unpaired) electrons. The number of hydrazone groups is 1. The van der Waals surface area contributed by atoms with E-state index in [0.29, 0.717) is 6.54 Å². The highest BCUT2D eigenvalue weighted by molar-refractivity contribution is 7.09. The highest BCUT2D eigenvalue weighted by atomic mass is 32.1. The largest absolute Gasteiger partial charge is 0.368 e. The summed E-state index contributed by atoms with van der Waals surface area (Å²) in [7, 11) is 0. The molecule has 0 fully saturated rings. The lowest BCUT2D eigenvalue weighted by atomic mass is 10.1. The minimum Gasteiger partial charge on any atom is -0.368 e. The molecule has 3 rings (SSSR count). The lowest BCUT2D eigenvalue weighted by Crippen LogP contribution is -2.39. The van der Waals surface area contributed by atoms with Crippen LogP contribution in [-0.4, -0.2) is 28.6 Å². The molecule has 0 aliphatic carbocycles. The Kier molecular flexibility index (Phi) is 4.57. The number of amides is 2. The predicted molar refractivity (Wildman–Crippen MR) is 92.7 cm³/mol. The van der Waals surface area contributed by atoms with Gasteiger partial charge in [0.1, 0.15) is 11.8 Å². The van der Waals surface area contributed by atoms with Gasteiger partial charge in [0.05, 0.1) is 22.9 Å². The van der Waals surface area contributed by atoms with E-state index in [1.807, 2.05) is 42.6 Å². The van der Waals surface area contributed by atoms with Gasteiger partial charge in [-0.3, -0.25) is 14.6 Å². The van der Waals surface area contributed by atoms with Gasteiger partial charge in [0.2, 0.25) is 5.91 Å². The van der Waals surface area contributed by atoms with Gasteiger partial charge in [-0.2, -0.15) is 5.10 Å². The molecule has 1 atom stereocenters. The maximum Gasteiger partial charge on any atom is 0.267 e. The van der Waals surface area contributed by atoms with E-state index in [9.17, 15) is 9.59 Å². The Morgan fingerprint density at radius 3 is 2.75 bits per heavy atom. The van der Waals surface area contributed by atoms with Crippen molar-refractivity contribution in [1.82, 2.24) is 10.3 Å². The summed E-state index contributed by atoms with van der Waals surface area (Å²) in [6.45, 7) is 2.24. The third kappa shape index (κ3) is 3.43. The Morgan fingerprint density at radius 2 is 2.12 bits per heavy atom. The molecule has 1 aliphatic heterocycles. The number of primary amides is 1. The van der Waals surface area contributed by atoms with Crippen LogP contribution in [0.25, 0.3) is 0 Å². The number of hydrogen-bond donors (Lipinski definition) is 2. The third-order valence-corrected chi connectivity index (χ3v) is 4.44. The number of hydrogen-bond acceptors (Lipinski definition) is 6. The average Bonchev–Trinajstić information content (AvgIpc) is 3.20. The lowest BCUT2D eigenvalue weighted by Gasteiger charge is -2.20. The zero-order valence-corrected chi connectivity index (χ0v) is 13.9. The normalized spacial score (nSPS) is 16.8. The zero-order valence-electron chi connectivity index (χ0n) is 13.1. The number of nitrogens with one attached hydrogen (secondary N) is 1. The summed E-state index contributed by atoms with van der Waals surface area (Å²) in [6.07, 6.45) is 0.187. The van der Waals surface area contributed by atoms with Crippen LogP contribution in [0.3, 0.4) is 0 Å². The van der Waals surface area contributed by atoms with Gasteiger partial charge in [-0.25, -0.2) is 4.98 Å². The molecule has 1 unspecified atom stereocenters. The van der Waals surface area contributed by atoms with Crippen LogP contribution in [0.2, 0.25) is 0 Å². The number of thiazole rings is 1. The van der Waals surface area contributed by atoms with Gasteiger partial charge >= 0.3 is 0 Å². The fraction of sp³-hybridized carbons (Fsp3) is 0.250. The maximum atomic E-state index is 12.3. The number of carbonyl (C=O) groups is 2. The summed E-state index contributed by atoms with van der Waals surface area (Å²) in [5.74, 6) is -0.828. The summed E-state index contributed by atoms with van der Waals surface area (Å²) in [6, 6.07) is 8.52. The summed E-state index contributed by atoms with van der Waals surface area (Å²) in [4.78, 5) is 28.3. The number of benzene rings is 1. The highest BCUT2D eigenvalue weighted by Crippen LogP contribution is 2.24. The number of para-hydroxylation sites is 1. The van der Waals surface area contributed by atoms with Crippen molar-refractivity contribution in [3.8, 4) is 0 Å². The number of rotatable bonds is 5. The molecular formula is C16H17N5O2S. The van der Waals surface area contributed by atoms with Crippen LogP contribution in [-0.2, 0) is 16.1 Å². The van der Waals surface area contributed by atoms with Gasteiger partial charge in [0.25, 0.3) is 5.91 Å². The molecule has 0 spiro atoms. The van der Waals surface area contributed by atoms with E-state index in [4.69, 9.17) is 5.73 Å². The van der Waals surface area contributed by atoms with Crippen molar-refractivity contribution in [2.24, 2.45) is 10.8 Å². The fourth-order valence-electron chi connectivity index (χ4n) is 2.45. The van der Waals surface area contributed by atoms with Gasteiger partial charge in [-0.05, 0) is 19.1 Å². The SMILES string of the molecule is Cc1nc(CNC(=O)C2=NN(c3ccccc3)C(C(N)=O)C2)cs1. The number of nitrogens with zero attached hydrogens (tertiary/aromatic N) is 3. The highest BCUT2D eigenvalue weighted by Gasteiger charge is 2.34. The second kappa shape index (κ2) is 6.79. The minimum atomic E-state index is -0.658. The van der Waals surface area contributed by atoms with Crippen LogP contribution in [0.4, 0.5) is 5.69 Å². The van der Waals surface area contributed by atoms with E-state index >= 15 is 0 Å². The zero-order chi connectivity index (χ0) is 17.1. The monoisotopic (exact) mass is 343 g/mol. The molecule has 124 valence electrons. The van der Waals surface area contributed by atoms with Gasteiger partial charge in [-0.15, -0.1) is 11.3 Å². The van der Waals surface area contributed by atoms with Crippen molar-refractivity contribution in [2.45, 2.75) is 25.9 Å². The molecule has 2 aromatic rings. The van der Waals surface area contributed by atoms with Crippen molar-refractivity contribution in [1.29, 1.82) is 0 Å². The smallest absolute Gasteiger partial charge is 0.267 e. The molecule has 24 heavy (non-hydrogen) atoms. The second-order valence-electron chi connectivity index (χ2n) is 5.39. The van der Waals surface area contributed by atoms with Gasteiger partial charge < -0.3 is 11.1 Å². The number of anilines is 1. The lowest BCUT2D eigenvalue weighted by molar-refractivity contribution is -0.119. The molecule has 2 amide bonds. The van der Waals surface area contributed by atoms with Crippen LogP contribution >= 0.6 is 11.3 Å². The standard InChI is InChI=1S/C16H17N5O2S/c1-10-19-11(9-24-10)8-18-16(23)13-7-14(15(17)22)21(20-13)12-5-3-2-4-6-12/h2-6,9,14H,7-8H2,1H3,(H2,17,22)(H,18,23). The molecule has 2 heterocycles. The molecule has 3 N–H and O–H groups in total. The van der Waals surface area contributed by atoms with Crippen LogP contribution in [0.1, 0.15) is 17.1 Å². The first-order valence-corrected chi connectivity index (χ1v) is 8.33. The van der Waals surface area contributed by atoms with Crippen molar-refractivity contribution < 1.29 is 9.59 Å². The van der Waals surface area contributed by atoms with E-state index in [1.165, 1.54) is 16.3 Å². The Morgan fingerprint density at radius 1 is 1.38 bits per heavy atom. The minimum absolute atomic E-state index is 0.187. The van der Waals surface area contributed by atoms with Crippen LogP contribution in [0.15, 0.2) is 40.8 Å². The Bertz CT molecular complexity index is 787. The Hall–Kier alpha value is -2.74. The van der Waals surface area contributed by atoms with Crippen molar-refractivity contribution in [2.75, 3.05) is 5.01 Å². The van der Waals surface area contributed by atoms with Gasteiger partial charge in [-0.1, -0.05) is 18.2 Å². The van der Waals surface area contributed by atoms with Crippen LogP contribution in [0.5, 0.6) is 0 Å². The first kappa shape index (κ1) is 16.1. The van der Waals surface area contributed by atoms with E-state index < -0.39 is 11.9 Å². The topological polar surface area (TPSA) is 101 Å². The number of carbonyl (C=O) groups excluding carboxylic acids is 2. The molecule has 1 aromatic heterocycles. The number of nitrogens with two attached hydrogens (primary N) is 1. The number of aryl methyl sites for hydroxylation is 1. The first-order chi connectivity index (χ1) is 11.5. The summed E-state index contributed by atoms with van der Waals surface area (Å²) < 4.78 is 0. The maximum absolute atomic E-state index is 12.3. The van der Waals surface area contributed by atoms with E-state index in [-0.39, 0.29) is 18.0 Å². The van der Waals surface area contributed by atoms with E-state index in [1.54, 1.807) is 0 Å². The number of aromatic nitrogens is 1. The van der Waals surface area contributed by atoms with Crippen LogP contribution in [0, 0.1) is 6.92 Å². The summed E-state index contributed by atoms with van der Waals surface area (Å²) in [5, 5.41) is 11.4. The fourth-order valence-corrected chi connectivity index (χ4v) is 3.06. The average molecular weight is 343 g/mol. The van der Waals surface area contributed by atoms with Crippen molar-refractivity contribution >= 4 is 34.6 Å². The van der Waals surface area contributed by atoms with Gasteiger partial charge in [0.15, 0.2) is 0 Å². The van der Waals surface area contributed by atoms with Crippen molar-refractivity contribution in [3.05, 3.63) is 46.4 Å². The van der Waals surface area contributed by atoms with Gasteiger partial charge in [0, 0.05) is 11.8 Å².